The number of ether oxygens (including phenoxy) is 1. The molecule has 0 spiro atoms. The van der Waals surface area contributed by atoms with Crippen molar-refractivity contribution in [3.05, 3.63) is 89.7 Å². The monoisotopic (exact) mass is 461 g/mol. The second kappa shape index (κ2) is 11.4. The minimum Gasteiger partial charge on any atom is -0.483 e. The molecule has 0 saturated carbocycles. The Morgan fingerprint density at radius 3 is 2.35 bits per heavy atom. The van der Waals surface area contributed by atoms with Gasteiger partial charge in [-0.1, -0.05) is 36.4 Å². The molecular weight excluding hydrogens is 433 g/mol. The van der Waals surface area contributed by atoms with Crippen molar-refractivity contribution in [2.24, 2.45) is 0 Å². The smallest absolute Gasteiger partial charge is 0.262 e. The van der Waals surface area contributed by atoms with Crippen molar-refractivity contribution in [2.75, 3.05) is 36.9 Å². The lowest BCUT2D eigenvalue weighted by atomic mass is 10.1. The van der Waals surface area contributed by atoms with E-state index in [1.807, 2.05) is 24.3 Å². The molecular formula is C27H28FN3O3. The van der Waals surface area contributed by atoms with Gasteiger partial charge in [0.1, 0.15) is 11.6 Å². The van der Waals surface area contributed by atoms with Gasteiger partial charge in [-0.15, -0.1) is 0 Å². The Balaban J connectivity index is 1.32. The first kappa shape index (κ1) is 23.4. The zero-order chi connectivity index (χ0) is 23.8. The van der Waals surface area contributed by atoms with Gasteiger partial charge in [-0.05, 0) is 74.3 Å². The molecule has 1 fully saturated rings. The van der Waals surface area contributed by atoms with Gasteiger partial charge >= 0.3 is 0 Å². The highest BCUT2D eigenvalue weighted by atomic mass is 19.1. The number of amides is 2. The fourth-order valence-corrected chi connectivity index (χ4v) is 3.92. The number of rotatable bonds is 9. The van der Waals surface area contributed by atoms with Crippen molar-refractivity contribution in [1.29, 1.82) is 0 Å². The van der Waals surface area contributed by atoms with Crippen LogP contribution in [-0.2, 0) is 11.2 Å². The van der Waals surface area contributed by atoms with Gasteiger partial charge in [0.05, 0.1) is 11.3 Å². The van der Waals surface area contributed by atoms with Crippen molar-refractivity contribution in [2.45, 2.75) is 19.3 Å². The van der Waals surface area contributed by atoms with E-state index in [2.05, 4.69) is 15.5 Å². The molecule has 7 heteroatoms. The maximum atomic E-state index is 13.7. The van der Waals surface area contributed by atoms with E-state index < -0.39 is 11.7 Å². The Kier molecular flexibility index (Phi) is 7.88. The number of nitrogens with one attached hydrogen (secondary N) is 2. The fourth-order valence-electron chi connectivity index (χ4n) is 3.92. The second-order valence-electron chi connectivity index (χ2n) is 8.26. The zero-order valence-corrected chi connectivity index (χ0v) is 18.9. The number of halogens is 1. The summed E-state index contributed by atoms with van der Waals surface area (Å²) < 4.78 is 19.3. The molecule has 0 aliphatic carbocycles. The van der Waals surface area contributed by atoms with Crippen molar-refractivity contribution in [3.63, 3.8) is 0 Å². The van der Waals surface area contributed by atoms with Crippen LogP contribution in [0.2, 0.25) is 0 Å². The summed E-state index contributed by atoms with van der Waals surface area (Å²) in [5, 5.41) is 5.34. The third-order valence-corrected chi connectivity index (χ3v) is 5.77. The molecule has 6 nitrogen and oxygen atoms in total. The summed E-state index contributed by atoms with van der Waals surface area (Å²) in [7, 11) is 0. The third-order valence-electron chi connectivity index (χ3n) is 5.77. The summed E-state index contributed by atoms with van der Waals surface area (Å²) >= 11 is 0. The highest BCUT2D eigenvalue weighted by Crippen LogP contribution is 2.21. The molecule has 1 aliphatic rings. The van der Waals surface area contributed by atoms with Crippen LogP contribution in [0.4, 0.5) is 15.8 Å². The van der Waals surface area contributed by atoms with Crippen LogP contribution >= 0.6 is 0 Å². The summed E-state index contributed by atoms with van der Waals surface area (Å²) in [6, 6.07) is 20.4. The molecule has 0 bridgehead atoms. The summed E-state index contributed by atoms with van der Waals surface area (Å²) in [5.41, 5.74) is 2.29. The summed E-state index contributed by atoms with van der Waals surface area (Å²) in [6.45, 7) is 3.06. The van der Waals surface area contributed by atoms with Crippen molar-refractivity contribution >= 4 is 23.2 Å². The largest absolute Gasteiger partial charge is 0.483 e. The van der Waals surface area contributed by atoms with E-state index in [-0.39, 0.29) is 24.0 Å². The molecule has 1 heterocycles. The number of benzene rings is 3. The quantitative estimate of drug-likeness (QED) is 0.483. The number of likely N-dealkylation sites (tertiary alicyclic amines) is 1. The standard InChI is InChI=1S/C27H28FN3O3/c28-23-8-2-3-9-24(23)30-26(32)19-34-25-10-4-1-7-22(25)27(33)29-21-13-11-20(12-14-21)15-18-31-16-5-6-17-31/h1-4,7-14H,5-6,15-19H2,(H,29,33)(H,30,32). The summed E-state index contributed by atoms with van der Waals surface area (Å²) in [4.78, 5) is 27.5. The van der Waals surface area contributed by atoms with E-state index in [4.69, 9.17) is 4.74 Å². The van der Waals surface area contributed by atoms with Crippen LogP contribution in [0, 0.1) is 5.82 Å². The molecule has 1 aliphatic heterocycles. The van der Waals surface area contributed by atoms with Gasteiger partial charge in [0, 0.05) is 12.2 Å². The molecule has 0 unspecified atom stereocenters. The topological polar surface area (TPSA) is 70.7 Å². The summed E-state index contributed by atoms with van der Waals surface area (Å²) in [5.74, 6) is -1.12. The lowest BCUT2D eigenvalue weighted by molar-refractivity contribution is -0.118. The van der Waals surface area contributed by atoms with E-state index in [1.54, 1.807) is 36.4 Å². The molecule has 2 N–H and O–H groups in total. The first-order chi connectivity index (χ1) is 16.6. The van der Waals surface area contributed by atoms with E-state index in [1.165, 1.54) is 43.6 Å². The Morgan fingerprint density at radius 1 is 0.882 bits per heavy atom. The zero-order valence-electron chi connectivity index (χ0n) is 18.9. The molecule has 3 aromatic carbocycles. The van der Waals surface area contributed by atoms with Crippen molar-refractivity contribution in [1.82, 2.24) is 4.90 Å². The van der Waals surface area contributed by atoms with Crippen LogP contribution < -0.4 is 15.4 Å². The predicted octanol–water partition coefficient (Wildman–Crippen LogP) is 4.73. The number of carbonyl (C=O) groups excluding carboxylic acids is 2. The van der Waals surface area contributed by atoms with Gasteiger partial charge in [-0.3, -0.25) is 9.59 Å². The normalized spacial score (nSPS) is 13.4. The summed E-state index contributed by atoms with van der Waals surface area (Å²) in [6.07, 6.45) is 3.55. The van der Waals surface area contributed by atoms with Crippen molar-refractivity contribution < 1.29 is 18.7 Å². The predicted molar refractivity (Wildman–Crippen MR) is 131 cm³/mol. The molecule has 1 saturated heterocycles. The Morgan fingerprint density at radius 2 is 1.59 bits per heavy atom. The van der Waals surface area contributed by atoms with Crippen LogP contribution in [0.3, 0.4) is 0 Å². The van der Waals surface area contributed by atoms with E-state index in [0.717, 1.165) is 13.0 Å². The average Bonchev–Trinajstić information content (AvgIpc) is 3.38. The number of hydrogen-bond acceptors (Lipinski definition) is 4. The Labute approximate surface area is 198 Å². The third kappa shape index (κ3) is 6.42. The van der Waals surface area contributed by atoms with Crippen molar-refractivity contribution in [3.8, 4) is 5.75 Å². The maximum absolute atomic E-state index is 13.7. The Bertz CT molecular complexity index is 1130. The average molecular weight is 462 g/mol. The lowest BCUT2D eigenvalue weighted by Gasteiger charge is -2.14. The lowest BCUT2D eigenvalue weighted by Crippen LogP contribution is -2.22. The molecule has 0 radical (unpaired) electrons. The van der Waals surface area contributed by atoms with Gasteiger partial charge in [0.2, 0.25) is 0 Å². The minimum absolute atomic E-state index is 0.0750. The van der Waals surface area contributed by atoms with Crippen LogP contribution in [0.25, 0.3) is 0 Å². The molecule has 0 atom stereocenters. The molecule has 2 amide bonds. The van der Waals surface area contributed by atoms with E-state index in [0.29, 0.717) is 11.3 Å². The first-order valence-electron chi connectivity index (χ1n) is 11.5. The molecule has 176 valence electrons. The second-order valence-corrected chi connectivity index (χ2v) is 8.26. The maximum Gasteiger partial charge on any atom is 0.262 e. The number of hydrogen-bond donors (Lipinski definition) is 2. The number of anilines is 2. The fraction of sp³-hybridized carbons (Fsp3) is 0.259. The van der Waals surface area contributed by atoms with Gasteiger partial charge < -0.3 is 20.3 Å². The molecule has 0 aromatic heterocycles. The Hall–Kier alpha value is -3.71. The molecule has 4 rings (SSSR count). The van der Waals surface area contributed by atoms with Crippen LogP contribution in [0.15, 0.2) is 72.8 Å². The number of nitrogens with zero attached hydrogens (tertiary/aromatic N) is 1. The van der Waals surface area contributed by atoms with Gasteiger partial charge in [-0.25, -0.2) is 4.39 Å². The van der Waals surface area contributed by atoms with Crippen LogP contribution in [0.5, 0.6) is 5.75 Å². The number of carbonyl (C=O) groups is 2. The van der Waals surface area contributed by atoms with Gasteiger partial charge in [0.15, 0.2) is 6.61 Å². The highest BCUT2D eigenvalue weighted by molar-refractivity contribution is 6.06. The van der Waals surface area contributed by atoms with Gasteiger partial charge in [-0.2, -0.15) is 0 Å². The van der Waals surface area contributed by atoms with Crippen LogP contribution in [0.1, 0.15) is 28.8 Å². The molecule has 34 heavy (non-hydrogen) atoms. The van der Waals surface area contributed by atoms with Crippen LogP contribution in [-0.4, -0.2) is 43.0 Å². The van der Waals surface area contributed by atoms with E-state index in [9.17, 15) is 14.0 Å². The number of para-hydroxylation sites is 2. The molecule has 3 aromatic rings. The van der Waals surface area contributed by atoms with E-state index >= 15 is 0 Å². The SMILES string of the molecule is O=C(COc1ccccc1C(=O)Nc1ccc(CCN2CCCC2)cc1)Nc1ccccc1F. The van der Waals surface area contributed by atoms with Gasteiger partial charge in [0.25, 0.3) is 11.8 Å². The first-order valence-corrected chi connectivity index (χ1v) is 11.5. The highest BCUT2D eigenvalue weighted by Gasteiger charge is 2.15. The minimum atomic E-state index is -0.530.